The first-order chi connectivity index (χ1) is 9.23. The maximum Gasteiger partial charge on any atom is 0.173 e. The molecular weight excluding hydrogens is 242 g/mol. The molecule has 2 fully saturated rings. The zero-order chi connectivity index (χ0) is 13.1. The number of ether oxygens (including phenoxy) is 2. The minimum atomic E-state index is -0.489. The maximum atomic E-state index is 6.13. The molecule has 0 aromatic carbocycles. The Kier molecular flexibility index (Phi) is 4.05. The Hall–Kier alpha value is -0.650. The summed E-state index contributed by atoms with van der Waals surface area (Å²) in [7, 11) is 0. The summed E-state index contributed by atoms with van der Waals surface area (Å²) in [5.74, 6) is 0.539. The van der Waals surface area contributed by atoms with E-state index in [1.807, 2.05) is 6.92 Å². The van der Waals surface area contributed by atoms with Crippen LogP contribution in [0.4, 0.5) is 0 Å². The molecule has 0 bridgehead atoms. The molecule has 2 unspecified atom stereocenters. The third-order valence-corrected chi connectivity index (χ3v) is 4.13. The molecule has 0 spiro atoms. The first kappa shape index (κ1) is 13.3. The van der Waals surface area contributed by atoms with Gasteiger partial charge in [-0.25, -0.2) is 0 Å². The zero-order valence-corrected chi connectivity index (χ0v) is 11.9. The van der Waals surface area contributed by atoms with Crippen molar-refractivity contribution in [3.8, 4) is 0 Å². The molecule has 0 amide bonds. The lowest BCUT2D eigenvalue weighted by molar-refractivity contribution is -0.149. The highest BCUT2D eigenvalue weighted by Gasteiger charge is 2.39. The molecule has 2 atom stereocenters. The molecule has 0 radical (unpaired) electrons. The summed E-state index contributed by atoms with van der Waals surface area (Å²) < 4.78 is 12.0. The molecular formula is C14H25N3O2. The molecule has 0 aromatic heterocycles. The summed E-state index contributed by atoms with van der Waals surface area (Å²) >= 11 is 0. The lowest BCUT2D eigenvalue weighted by atomic mass is 10.1. The van der Waals surface area contributed by atoms with E-state index in [1.165, 1.54) is 32.4 Å². The van der Waals surface area contributed by atoms with E-state index in [0.717, 1.165) is 31.9 Å². The summed E-state index contributed by atoms with van der Waals surface area (Å²) in [4.78, 5) is 6.93. The van der Waals surface area contributed by atoms with Crippen molar-refractivity contribution in [3.05, 3.63) is 0 Å². The van der Waals surface area contributed by atoms with Gasteiger partial charge in [0.05, 0.1) is 25.7 Å². The Morgan fingerprint density at radius 2 is 2.21 bits per heavy atom. The first-order valence-electron chi connectivity index (χ1n) is 7.55. The van der Waals surface area contributed by atoms with Crippen LogP contribution in [0.5, 0.6) is 0 Å². The number of rotatable bonds is 4. The van der Waals surface area contributed by atoms with Gasteiger partial charge >= 0.3 is 0 Å². The van der Waals surface area contributed by atoms with E-state index in [9.17, 15) is 0 Å². The summed E-state index contributed by atoms with van der Waals surface area (Å²) in [6.07, 6.45) is 4.98. The van der Waals surface area contributed by atoms with Gasteiger partial charge in [-0.05, 0) is 32.9 Å². The third-order valence-electron chi connectivity index (χ3n) is 4.13. The Morgan fingerprint density at radius 3 is 2.95 bits per heavy atom. The monoisotopic (exact) mass is 267 g/mol. The van der Waals surface area contributed by atoms with Crippen LogP contribution >= 0.6 is 0 Å². The summed E-state index contributed by atoms with van der Waals surface area (Å²) in [6.45, 7) is 8.00. The summed E-state index contributed by atoms with van der Waals surface area (Å²) in [5, 5.41) is 3.28. The van der Waals surface area contributed by atoms with Crippen molar-refractivity contribution in [3.63, 3.8) is 0 Å². The lowest BCUT2D eigenvalue weighted by Crippen LogP contribution is -2.39. The van der Waals surface area contributed by atoms with Crippen LogP contribution in [0.15, 0.2) is 4.99 Å². The molecule has 3 rings (SSSR count). The number of nitrogens with zero attached hydrogens (tertiary/aromatic N) is 2. The second kappa shape index (κ2) is 5.77. The highest BCUT2D eigenvalue weighted by Crippen LogP contribution is 2.28. The molecule has 0 aliphatic carbocycles. The number of nitrogens with one attached hydrogen (secondary N) is 1. The Balaban J connectivity index is 1.48. The van der Waals surface area contributed by atoms with Gasteiger partial charge in [0.2, 0.25) is 0 Å². The van der Waals surface area contributed by atoms with Crippen molar-refractivity contribution in [2.45, 2.75) is 44.5 Å². The predicted molar refractivity (Wildman–Crippen MR) is 74.4 cm³/mol. The normalized spacial score (nSPS) is 36.3. The van der Waals surface area contributed by atoms with Gasteiger partial charge in [0.1, 0.15) is 5.84 Å². The zero-order valence-electron chi connectivity index (χ0n) is 11.9. The Bertz CT molecular complexity index is 342. The lowest BCUT2D eigenvalue weighted by Gasteiger charge is -2.29. The molecule has 3 aliphatic heterocycles. The van der Waals surface area contributed by atoms with Gasteiger partial charge in [0.15, 0.2) is 5.79 Å². The van der Waals surface area contributed by atoms with E-state index in [1.54, 1.807) is 0 Å². The van der Waals surface area contributed by atoms with E-state index >= 15 is 0 Å². The predicted octanol–water partition coefficient (Wildman–Crippen LogP) is 0.996. The van der Waals surface area contributed by atoms with Crippen LogP contribution in [0.2, 0.25) is 0 Å². The number of aliphatic imine (C=N–C) groups is 1. The Labute approximate surface area is 115 Å². The number of amidine groups is 1. The number of hydrogen-bond donors (Lipinski definition) is 1. The SMILES string of the molecule is CC1(CC2=NCCN2)OCC(CN2CCCCC2)O1. The average Bonchev–Trinajstić information content (AvgIpc) is 3.02. The smallest absolute Gasteiger partial charge is 0.173 e. The fourth-order valence-corrected chi connectivity index (χ4v) is 3.17. The van der Waals surface area contributed by atoms with Crippen molar-refractivity contribution in [2.75, 3.05) is 39.3 Å². The van der Waals surface area contributed by atoms with Gasteiger partial charge in [-0.2, -0.15) is 0 Å². The maximum absolute atomic E-state index is 6.13. The van der Waals surface area contributed by atoms with E-state index < -0.39 is 5.79 Å². The fraction of sp³-hybridized carbons (Fsp3) is 0.929. The molecule has 5 nitrogen and oxygen atoms in total. The summed E-state index contributed by atoms with van der Waals surface area (Å²) in [6, 6.07) is 0. The van der Waals surface area contributed by atoms with Crippen LogP contribution in [0, 0.1) is 0 Å². The highest BCUT2D eigenvalue weighted by atomic mass is 16.7. The molecule has 2 saturated heterocycles. The standard InChI is InChI=1S/C14H25N3O2/c1-14(9-13-15-5-6-16-13)18-11-12(19-14)10-17-7-3-2-4-8-17/h12H,2-11H2,1H3,(H,15,16). The number of hydrogen-bond acceptors (Lipinski definition) is 5. The van der Waals surface area contributed by atoms with Crippen LogP contribution in [-0.4, -0.2) is 62.0 Å². The van der Waals surface area contributed by atoms with Crippen molar-refractivity contribution in [1.29, 1.82) is 0 Å². The van der Waals surface area contributed by atoms with Gasteiger partial charge < -0.3 is 19.7 Å². The molecule has 3 heterocycles. The molecule has 19 heavy (non-hydrogen) atoms. The molecule has 0 aromatic rings. The number of likely N-dealkylation sites (tertiary alicyclic amines) is 1. The van der Waals surface area contributed by atoms with Crippen molar-refractivity contribution < 1.29 is 9.47 Å². The minimum Gasteiger partial charge on any atom is -0.372 e. The number of piperidine rings is 1. The van der Waals surface area contributed by atoms with E-state index in [4.69, 9.17) is 9.47 Å². The van der Waals surface area contributed by atoms with Crippen molar-refractivity contribution in [1.82, 2.24) is 10.2 Å². The van der Waals surface area contributed by atoms with Crippen LogP contribution in [-0.2, 0) is 9.47 Å². The third kappa shape index (κ3) is 3.46. The van der Waals surface area contributed by atoms with Gasteiger partial charge in [-0.1, -0.05) is 6.42 Å². The second-order valence-electron chi connectivity index (χ2n) is 5.98. The van der Waals surface area contributed by atoms with Crippen LogP contribution < -0.4 is 5.32 Å². The van der Waals surface area contributed by atoms with Crippen LogP contribution in [0.3, 0.4) is 0 Å². The van der Waals surface area contributed by atoms with Gasteiger partial charge in [-0.15, -0.1) is 0 Å². The van der Waals surface area contributed by atoms with Crippen LogP contribution in [0.25, 0.3) is 0 Å². The highest BCUT2D eigenvalue weighted by molar-refractivity contribution is 5.84. The van der Waals surface area contributed by atoms with Crippen molar-refractivity contribution in [2.24, 2.45) is 4.99 Å². The van der Waals surface area contributed by atoms with Gasteiger partial charge in [0.25, 0.3) is 0 Å². The van der Waals surface area contributed by atoms with Crippen LogP contribution in [0.1, 0.15) is 32.6 Å². The molecule has 108 valence electrons. The molecule has 3 aliphatic rings. The molecule has 0 saturated carbocycles. The second-order valence-corrected chi connectivity index (χ2v) is 5.98. The average molecular weight is 267 g/mol. The topological polar surface area (TPSA) is 46.1 Å². The van der Waals surface area contributed by atoms with E-state index in [0.29, 0.717) is 6.61 Å². The minimum absolute atomic E-state index is 0.213. The van der Waals surface area contributed by atoms with Gasteiger partial charge in [0, 0.05) is 13.1 Å². The van der Waals surface area contributed by atoms with E-state index in [-0.39, 0.29) is 6.10 Å². The Morgan fingerprint density at radius 1 is 1.37 bits per heavy atom. The molecule has 5 heteroatoms. The summed E-state index contributed by atoms with van der Waals surface area (Å²) in [5.41, 5.74) is 0. The largest absolute Gasteiger partial charge is 0.372 e. The van der Waals surface area contributed by atoms with Crippen molar-refractivity contribution >= 4 is 5.84 Å². The molecule has 1 N–H and O–H groups in total. The first-order valence-corrected chi connectivity index (χ1v) is 7.55. The fourth-order valence-electron chi connectivity index (χ4n) is 3.17. The van der Waals surface area contributed by atoms with Gasteiger partial charge in [-0.3, -0.25) is 4.99 Å². The quantitative estimate of drug-likeness (QED) is 0.825. The van der Waals surface area contributed by atoms with E-state index in [2.05, 4.69) is 15.2 Å².